The molecule has 0 aromatic heterocycles. The monoisotopic (exact) mass is 494 g/mol. The van der Waals surface area contributed by atoms with Crippen molar-refractivity contribution in [3.8, 4) is 0 Å². The molecule has 2 N–H and O–H groups in total. The SMILES string of the molecule is CCOP(=O)(OCC)c1cc(Br)ccc1NC(=O)Nc1cc(Cl)cc(Cl)c1. The highest BCUT2D eigenvalue weighted by Gasteiger charge is 2.30. The number of hydrogen-bond acceptors (Lipinski definition) is 4. The maximum atomic E-state index is 13.1. The average Bonchev–Trinajstić information content (AvgIpc) is 2.56. The Morgan fingerprint density at radius 2 is 1.63 bits per heavy atom. The van der Waals surface area contributed by atoms with Crippen LogP contribution in [-0.4, -0.2) is 19.2 Å². The molecule has 2 amide bonds. The minimum Gasteiger partial charge on any atom is -0.308 e. The van der Waals surface area contributed by atoms with E-state index in [2.05, 4.69) is 26.6 Å². The number of amides is 2. The molecule has 146 valence electrons. The van der Waals surface area contributed by atoms with Gasteiger partial charge in [0.15, 0.2) is 0 Å². The Morgan fingerprint density at radius 3 is 2.19 bits per heavy atom. The Bertz CT molecular complexity index is 852. The number of urea groups is 1. The smallest absolute Gasteiger partial charge is 0.308 e. The molecule has 0 aliphatic heterocycles. The molecule has 0 aliphatic rings. The van der Waals surface area contributed by atoms with Gasteiger partial charge in [0, 0.05) is 20.2 Å². The molecule has 0 spiro atoms. The molecule has 0 radical (unpaired) electrons. The van der Waals surface area contributed by atoms with Crippen molar-refractivity contribution in [3.05, 3.63) is 50.9 Å². The first kappa shape index (κ1) is 22.2. The third kappa shape index (κ3) is 6.21. The van der Waals surface area contributed by atoms with Crippen LogP contribution in [0.2, 0.25) is 10.0 Å². The van der Waals surface area contributed by atoms with Gasteiger partial charge in [-0.2, -0.15) is 0 Å². The number of carbonyl (C=O) groups is 1. The number of anilines is 2. The molecule has 2 aromatic carbocycles. The Hall–Kier alpha value is -1.08. The van der Waals surface area contributed by atoms with E-state index in [9.17, 15) is 9.36 Å². The van der Waals surface area contributed by atoms with E-state index in [1.54, 1.807) is 50.2 Å². The normalized spacial score (nSPS) is 11.3. The first-order valence-corrected chi connectivity index (χ1v) is 11.1. The van der Waals surface area contributed by atoms with Gasteiger partial charge in [0.2, 0.25) is 0 Å². The second-order valence-corrected chi connectivity index (χ2v) is 9.01. The van der Waals surface area contributed by atoms with Gasteiger partial charge in [-0.05, 0) is 50.2 Å². The van der Waals surface area contributed by atoms with Crippen molar-refractivity contribution in [1.29, 1.82) is 0 Å². The van der Waals surface area contributed by atoms with E-state index in [1.165, 1.54) is 0 Å². The summed E-state index contributed by atoms with van der Waals surface area (Å²) in [5.74, 6) is 0. The van der Waals surface area contributed by atoms with Gasteiger partial charge in [0.25, 0.3) is 0 Å². The minimum atomic E-state index is -3.61. The summed E-state index contributed by atoms with van der Waals surface area (Å²) < 4.78 is 24.6. The third-order valence-electron chi connectivity index (χ3n) is 3.22. The van der Waals surface area contributed by atoms with Crippen LogP contribution < -0.4 is 15.9 Å². The molecule has 0 aliphatic carbocycles. The fraction of sp³-hybridized carbons (Fsp3) is 0.235. The Labute approximate surface area is 176 Å². The number of halogens is 3. The highest BCUT2D eigenvalue weighted by molar-refractivity contribution is 9.10. The highest BCUT2D eigenvalue weighted by atomic mass is 79.9. The Morgan fingerprint density at radius 1 is 1.04 bits per heavy atom. The van der Waals surface area contributed by atoms with Crippen molar-refractivity contribution in [2.24, 2.45) is 0 Å². The van der Waals surface area contributed by atoms with E-state index >= 15 is 0 Å². The van der Waals surface area contributed by atoms with Gasteiger partial charge in [-0.25, -0.2) is 4.79 Å². The number of rotatable bonds is 7. The van der Waals surface area contributed by atoms with Crippen molar-refractivity contribution >= 4 is 69.4 Å². The lowest BCUT2D eigenvalue weighted by atomic mass is 10.3. The third-order valence-corrected chi connectivity index (χ3v) is 6.31. The van der Waals surface area contributed by atoms with E-state index in [4.69, 9.17) is 32.2 Å². The largest absolute Gasteiger partial charge is 0.363 e. The summed E-state index contributed by atoms with van der Waals surface area (Å²) in [7, 11) is -3.61. The summed E-state index contributed by atoms with van der Waals surface area (Å²) in [5.41, 5.74) is 0.718. The molecule has 27 heavy (non-hydrogen) atoms. The van der Waals surface area contributed by atoms with E-state index in [0.29, 0.717) is 25.9 Å². The first-order valence-electron chi connectivity index (χ1n) is 8.00. The van der Waals surface area contributed by atoms with Crippen LogP contribution in [0.15, 0.2) is 40.9 Å². The molecule has 2 rings (SSSR count). The second-order valence-electron chi connectivity index (χ2n) is 5.23. The van der Waals surface area contributed by atoms with Gasteiger partial charge >= 0.3 is 13.6 Å². The topological polar surface area (TPSA) is 76.7 Å². The van der Waals surface area contributed by atoms with Crippen molar-refractivity contribution in [2.75, 3.05) is 23.8 Å². The van der Waals surface area contributed by atoms with Crippen LogP contribution in [0.3, 0.4) is 0 Å². The summed E-state index contributed by atoms with van der Waals surface area (Å²) in [5, 5.41) is 6.31. The van der Waals surface area contributed by atoms with Crippen molar-refractivity contribution < 1.29 is 18.4 Å². The lowest BCUT2D eigenvalue weighted by Gasteiger charge is -2.20. The quantitative estimate of drug-likeness (QED) is 0.442. The summed E-state index contributed by atoms with van der Waals surface area (Å²) in [6.07, 6.45) is 0. The Balaban J connectivity index is 2.30. The molecule has 2 aromatic rings. The fourth-order valence-corrected chi connectivity index (χ4v) is 5.08. The Kier molecular flexibility index (Phi) is 8.16. The van der Waals surface area contributed by atoms with Gasteiger partial charge < -0.3 is 19.7 Å². The van der Waals surface area contributed by atoms with Gasteiger partial charge in [-0.15, -0.1) is 0 Å². The highest BCUT2D eigenvalue weighted by Crippen LogP contribution is 2.49. The van der Waals surface area contributed by atoms with Crippen LogP contribution in [0.5, 0.6) is 0 Å². The fourth-order valence-electron chi connectivity index (χ4n) is 2.26. The standard InChI is InChI=1S/C17H18BrCl2N2O4P/c1-3-25-27(24,26-4-2)16-7-11(18)5-6-15(16)22-17(23)21-14-9-12(19)8-13(20)10-14/h5-10H,3-4H2,1-2H3,(H2,21,22,23). The predicted octanol–water partition coefficient (Wildman–Crippen LogP) is 6.29. The summed E-state index contributed by atoms with van der Waals surface area (Å²) in [6, 6.07) is 9.02. The molecule has 0 saturated heterocycles. The molecule has 10 heteroatoms. The van der Waals surface area contributed by atoms with Crippen LogP contribution in [-0.2, 0) is 13.6 Å². The van der Waals surface area contributed by atoms with Crippen molar-refractivity contribution in [1.82, 2.24) is 0 Å². The molecule has 0 fully saturated rings. The zero-order valence-corrected chi connectivity index (χ0v) is 18.6. The summed E-state index contributed by atoms with van der Waals surface area (Å²) in [4.78, 5) is 12.4. The molecular formula is C17H18BrCl2N2O4P. The van der Waals surface area contributed by atoms with Crippen LogP contribution in [0.1, 0.15) is 13.8 Å². The van der Waals surface area contributed by atoms with Gasteiger partial charge in [-0.1, -0.05) is 39.1 Å². The first-order chi connectivity index (χ1) is 12.8. The number of benzene rings is 2. The minimum absolute atomic E-state index is 0.191. The lowest BCUT2D eigenvalue weighted by Crippen LogP contribution is -2.24. The van der Waals surface area contributed by atoms with E-state index in [-0.39, 0.29) is 18.5 Å². The maximum Gasteiger partial charge on any atom is 0.363 e. The number of hydrogen-bond donors (Lipinski definition) is 2. The summed E-state index contributed by atoms with van der Waals surface area (Å²) in [6.45, 7) is 3.81. The maximum absolute atomic E-state index is 13.1. The molecule has 0 unspecified atom stereocenters. The van der Waals surface area contributed by atoms with Crippen molar-refractivity contribution in [3.63, 3.8) is 0 Å². The molecular weight excluding hydrogens is 478 g/mol. The molecule has 0 heterocycles. The molecule has 0 saturated carbocycles. The van der Waals surface area contributed by atoms with E-state index in [1.807, 2.05) is 0 Å². The van der Waals surface area contributed by atoms with Crippen LogP contribution >= 0.6 is 46.7 Å². The number of carbonyl (C=O) groups excluding carboxylic acids is 1. The van der Waals surface area contributed by atoms with Crippen LogP contribution in [0.25, 0.3) is 0 Å². The zero-order valence-electron chi connectivity index (χ0n) is 14.6. The van der Waals surface area contributed by atoms with Gasteiger partial charge in [0.05, 0.1) is 24.2 Å². The van der Waals surface area contributed by atoms with E-state index < -0.39 is 13.6 Å². The van der Waals surface area contributed by atoms with Crippen LogP contribution in [0.4, 0.5) is 16.2 Å². The van der Waals surface area contributed by atoms with Crippen molar-refractivity contribution in [2.45, 2.75) is 13.8 Å². The second kappa shape index (κ2) is 9.92. The van der Waals surface area contributed by atoms with E-state index in [0.717, 1.165) is 0 Å². The molecule has 0 bridgehead atoms. The molecule has 6 nitrogen and oxygen atoms in total. The van der Waals surface area contributed by atoms with Gasteiger partial charge in [-0.3, -0.25) is 4.57 Å². The average molecular weight is 496 g/mol. The summed E-state index contributed by atoms with van der Waals surface area (Å²) >= 11 is 15.2. The van der Waals surface area contributed by atoms with Crippen LogP contribution in [0, 0.1) is 0 Å². The number of nitrogens with one attached hydrogen (secondary N) is 2. The predicted molar refractivity (Wildman–Crippen MR) is 114 cm³/mol. The van der Waals surface area contributed by atoms with Gasteiger partial charge in [0.1, 0.15) is 0 Å². The molecule has 0 atom stereocenters. The zero-order chi connectivity index (χ0) is 20.0. The lowest BCUT2D eigenvalue weighted by molar-refractivity contribution is 0.230.